The number of rotatable bonds is 9. The van der Waals surface area contributed by atoms with Gasteiger partial charge >= 0.3 is 17.9 Å². The quantitative estimate of drug-likeness (QED) is 0.595. The summed E-state index contributed by atoms with van der Waals surface area (Å²) >= 11 is 0. The Kier molecular flexibility index (Phi) is 6.75. The molecule has 1 aromatic rings. The highest BCUT2D eigenvalue weighted by Crippen LogP contribution is 2.33. The van der Waals surface area contributed by atoms with Crippen molar-refractivity contribution in [2.24, 2.45) is 0 Å². The molecule has 126 valence electrons. The van der Waals surface area contributed by atoms with E-state index in [9.17, 15) is 29.7 Å². The van der Waals surface area contributed by atoms with Crippen LogP contribution in [0.15, 0.2) is 12.1 Å². The topological polar surface area (TPSA) is 112 Å². The van der Waals surface area contributed by atoms with Gasteiger partial charge in [0.05, 0.1) is 16.7 Å². The molecule has 0 aliphatic rings. The van der Waals surface area contributed by atoms with Crippen molar-refractivity contribution in [1.82, 2.24) is 0 Å². The van der Waals surface area contributed by atoms with Gasteiger partial charge in [0.1, 0.15) is 0 Å². The molecule has 0 bridgehead atoms. The third-order valence-corrected chi connectivity index (χ3v) is 3.98. The van der Waals surface area contributed by atoms with Crippen molar-refractivity contribution < 1.29 is 29.7 Å². The van der Waals surface area contributed by atoms with E-state index in [0.29, 0.717) is 12.8 Å². The Morgan fingerprint density at radius 2 is 1.48 bits per heavy atom. The number of carboxylic acids is 3. The Bertz CT molecular complexity index is 605. The molecule has 0 aromatic heterocycles. The lowest BCUT2D eigenvalue weighted by Gasteiger charge is -2.21. The van der Waals surface area contributed by atoms with Crippen LogP contribution in [0.4, 0.5) is 0 Å². The van der Waals surface area contributed by atoms with Gasteiger partial charge in [-0.05, 0) is 36.5 Å². The highest BCUT2D eigenvalue weighted by atomic mass is 16.4. The molecule has 0 spiro atoms. The minimum atomic E-state index is -1.41. The third-order valence-electron chi connectivity index (χ3n) is 3.98. The summed E-state index contributed by atoms with van der Waals surface area (Å²) in [6, 6.07) is 2.24. The first-order valence-corrected chi connectivity index (χ1v) is 7.71. The summed E-state index contributed by atoms with van der Waals surface area (Å²) in [5.74, 6) is -4.31. The van der Waals surface area contributed by atoms with E-state index in [2.05, 4.69) is 0 Å². The fraction of sp³-hybridized carbons (Fsp3) is 0.471. The van der Waals surface area contributed by atoms with Crippen LogP contribution in [0.3, 0.4) is 0 Å². The summed E-state index contributed by atoms with van der Waals surface area (Å²) in [5, 5.41) is 28.1. The van der Waals surface area contributed by atoms with Crippen molar-refractivity contribution in [3.05, 3.63) is 34.4 Å². The Morgan fingerprint density at radius 1 is 0.913 bits per heavy atom. The Balaban J connectivity index is 3.55. The molecule has 0 radical (unpaired) electrons. The molecule has 0 aliphatic heterocycles. The standard InChI is InChI=1S/C17H22O6/c1-3-5-6-7-10(4-2)13-11(15(18)19)8-9-12(16(20)21)14(13)17(22)23/h8-10H,3-7H2,1-2H3,(H,18,19)(H,20,21)(H,22,23). The lowest BCUT2D eigenvalue weighted by atomic mass is 9.82. The van der Waals surface area contributed by atoms with Crippen molar-refractivity contribution in [2.45, 2.75) is 51.9 Å². The molecule has 23 heavy (non-hydrogen) atoms. The van der Waals surface area contributed by atoms with Gasteiger partial charge in [0, 0.05) is 0 Å². The van der Waals surface area contributed by atoms with Crippen LogP contribution < -0.4 is 0 Å². The molecule has 0 amide bonds. The fourth-order valence-corrected chi connectivity index (χ4v) is 2.83. The van der Waals surface area contributed by atoms with E-state index in [1.807, 2.05) is 13.8 Å². The smallest absolute Gasteiger partial charge is 0.336 e. The predicted octanol–water partition coefficient (Wildman–Crippen LogP) is 3.86. The summed E-state index contributed by atoms with van der Waals surface area (Å²) in [6.45, 7) is 3.89. The molecule has 0 saturated heterocycles. The van der Waals surface area contributed by atoms with Crippen molar-refractivity contribution in [3.63, 3.8) is 0 Å². The van der Waals surface area contributed by atoms with Crippen LogP contribution in [0, 0.1) is 0 Å². The minimum absolute atomic E-state index is 0.128. The Morgan fingerprint density at radius 3 is 1.91 bits per heavy atom. The zero-order valence-electron chi connectivity index (χ0n) is 13.3. The maximum atomic E-state index is 11.6. The fourth-order valence-electron chi connectivity index (χ4n) is 2.83. The van der Waals surface area contributed by atoms with E-state index in [1.165, 1.54) is 6.07 Å². The van der Waals surface area contributed by atoms with E-state index in [4.69, 9.17) is 0 Å². The third kappa shape index (κ3) is 4.31. The number of hydrogen-bond donors (Lipinski definition) is 3. The van der Waals surface area contributed by atoms with Gasteiger partial charge in [0.15, 0.2) is 0 Å². The summed E-state index contributed by atoms with van der Waals surface area (Å²) in [5.41, 5.74) is -0.772. The molecule has 0 fully saturated rings. The number of unbranched alkanes of at least 4 members (excludes halogenated alkanes) is 2. The molecule has 3 N–H and O–H groups in total. The van der Waals surface area contributed by atoms with Crippen molar-refractivity contribution >= 4 is 17.9 Å². The minimum Gasteiger partial charge on any atom is -0.478 e. The second-order valence-electron chi connectivity index (χ2n) is 5.47. The van der Waals surface area contributed by atoms with Crippen LogP contribution in [0.5, 0.6) is 0 Å². The SMILES string of the molecule is CCCCCC(CC)c1c(C(=O)O)ccc(C(=O)O)c1C(=O)O. The number of carbonyl (C=O) groups is 3. The number of carboxylic acid groups (broad SMARTS) is 3. The molecule has 1 unspecified atom stereocenters. The van der Waals surface area contributed by atoms with Crippen LogP contribution in [-0.2, 0) is 0 Å². The molecule has 1 atom stereocenters. The van der Waals surface area contributed by atoms with Crippen molar-refractivity contribution in [2.75, 3.05) is 0 Å². The first-order chi connectivity index (χ1) is 10.8. The highest BCUT2D eigenvalue weighted by Gasteiger charge is 2.29. The van der Waals surface area contributed by atoms with Gasteiger partial charge in [-0.25, -0.2) is 14.4 Å². The Labute approximate surface area is 134 Å². The maximum absolute atomic E-state index is 11.6. The molecular weight excluding hydrogens is 300 g/mol. The van der Waals surface area contributed by atoms with Gasteiger partial charge in [0.2, 0.25) is 0 Å². The van der Waals surface area contributed by atoms with Gasteiger partial charge < -0.3 is 15.3 Å². The van der Waals surface area contributed by atoms with Gasteiger partial charge in [-0.1, -0.05) is 33.1 Å². The van der Waals surface area contributed by atoms with Gasteiger partial charge in [-0.3, -0.25) is 0 Å². The van der Waals surface area contributed by atoms with E-state index >= 15 is 0 Å². The molecule has 1 aromatic carbocycles. The first kappa shape index (κ1) is 18.7. The first-order valence-electron chi connectivity index (χ1n) is 7.71. The molecule has 6 heteroatoms. The molecule has 6 nitrogen and oxygen atoms in total. The van der Waals surface area contributed by atoms with Gasteiger partial charge in [-0.2, -0.15) is 0 Å². The molecule has 0 saturated carbocycles. The molecule has 1 rings (SSSR count). The zero-order chi connectivity index (χ0) is 17.6. The van der Waals surface area contributed by atoms with Crippen LogP contribution in [0.2, 0.25) is 0 Å². The van der Waals surface area contributed by atoms with Gasteiger partial charge in [0.25, 0.3) is 0 Å². The van der Waals surface area contributed by atoms with Crippen LogP contribution in [0.1, 0.15) is 88.5 Å². The average Bonchev–Trinajstić information content (AvgIpc) is 2.50. The van der Waals surface area contributed by atoms with Gasteiger partial charge in [-0.15, -0.1) is 0 Å². The maximum Gasteiger partial charge on any atom is 0.336 e. The van der Waals surface area contributed by atoms with Crippen LogP contribution in [-0.4, -0.2) is 33.2 Å². The molecule has 0 heterocycles. The lowest BCUT2D eigenvalue weighted by molar-refractivity contribution is 0.0647. The van der Waals surface area contributed by atoms with E-state index in [1.54, 1.807) is 0 Å². The monoisotopic (exact) mass is 322 g/mol. The predicted molar refractivity (Wildman–Crippen MR) is 84.5 cm³/mol. The normalized spacial score (nSPS) is 11.9. The van der Waals surface area contributed by atoms with Crippen LogP contribution in [0.25, 0.3) is 0 Å². The highest BCUT2D eigenvalue weighted by molar-refractivity contribution is 6.05. The van der Waals surface area contributed by atoms with Crippen molar-refractivity contribution in [3.8, 4) is 0 Å². The second kappa shape index (κ2) is 8.31. The molecule has 0 aliphatic carbocycles. The number of benzene rings is 1. The van der Waals surface area contributed by atoms with E-state index in [-0.39, 0.29) is 22.6 Å². The van der Waals surface area contributed by atoms with Crippen LogP contribution >= 0.6 is 0 Å². The summed E-state index contributed by atoms with van der Waals surface area (Å²) in [4.78, 5) is 34.4. The zero-order valence-corrected chi connectivity index (χ0v) is 13.3. The lowest BCUT2D eigenvalue weighted by Crippen LogP contribution is -2.18. The van der Waals surface area contributed by atoms with E-state index < -0.39 is 23.5 Å². The van der Waals surface area contributed by atoms with E-state index in [0.717, 1.165) is 25.3 Å². The average molecular weight is 322 g/mol. The largest absolute Gasteiger partial charge is 0.478 e. The Hall–Kier alpha value is -2.37. The number of hydrogen-bond acceptors (Lipinski definition) is 3. The summed E-state index contributed by atoms with van der Waals surface area (Å²) in [7, 11) is 0. The summed E-state index contributed by atoms with van der Waals surface area (Å²) in [6.07, 6.45) is 3.97. The summed E-state index contributed by atoms with van der Waals surface area (Å²) < 4.78 is 0. The molecular formula is C17H22O6. The second-order valence-corrected chi connectivity index (χ2v) is 5.47. The number of aromatic carboxylic acids is 3. The van der Waals surface area contributed by atoms with Crippen molar-refractivity contribution in [1.29, 1.82) is 0 Å².